The number of aliphatic hydroxyl groups is 1. The van der Waals surface area contributed by atoms with E-state index < -0.39 is 0 Å². The summed E-state index contributed by atoms with van der Waals surface area (Å²) in [4.78, 5) is 4.59. The van der Waals surface area contributed by atoms with Crippen LogP contribution in [-0.2, 0) is 0 Å². The van der Waals surface area contributed by atoms with Crippen molar-refractivity contribution in [2.45, 2.75) is 32.3 Å². The lowest BCUT2D eigenvalue weighted by molar-refractivity contribution is 0.0589. The molecule has 0 spiro atoms. The zero-order valence-corrected chi connectivity index (χ0v) is 10.1. The summed E-state index contributed by atoms with van der Waals surface area (Å²) in [6.45, 7) is 2.08. The molecule has 0 radical (unpaired) electrons. The number of nitrogens with zero attached hydrogens (tertiary/aromatic N) is 1. The van der Waals surface area contributed by atoms with E-state index in [-0.39, 0.29) is 6.10 Å². The van der Waals surface area contributed by atoms with E-state index in [1.54, 1.807) is 0 Å². The highest BCUT2D eigenvalue weighted by atomic mass is 16.3. The summed E-state index contributed by atoms with van der Waals surface area (Å²) in [5.74, 6) is 0.420. The van der Waals surface area contributed by atoms with Crippen LogP contribution in [0.4, 0.5) is 0 Å². The Kier molecular flexibility index (Phi) is 2.60. The Bertz CT molecular complexity index is 546. The molecule has 88 valence electrons. The number of para-hydroxylation sites is 1. The molecule has 1 heterocycles. The first-order valence-corrected chi connectivity index (χ1v) is 6.30. The van der Waals surface area contributed by atoms with E-state index in [9.17, 15) is 5.11 Å². The highest BCUT2D eigenvalue weighted by Gasteiger charge is 2.27. The van der Waals surface area contributed by atoms with Gasteiger partial charge in [-0.3, -0.25) is 4.98 Å². The monoisotopic (exact) mass is 227 g/mol. The normalized spacial score (nSPS) is 18.0. The Balaban J connectivity index is 2.05. The van der Waals surface area contributed by atoms with Crippen LogP contribution in [0, 0.1) is 12.8 Å². The maximum Gasteiger partial charge on any atom is 0.0988 e. The van der Waals surface area contributed by atoms with Crippen LogP contribution >= 0.6 is 0 Å². The molecule has 2 aromatic rings. The maximum atomic E-state index is 10.3. The van der Waals surface area contributed by atoms with Crippen molar-refractivity contribution < 1.29 is 5.11 Å². The summed E-state index contributed by atoms with van der Waals surface area (Å²) >= 11 is 0. The van der Waals surface area contributed by atoms with E-state index in [1.165, 1.54) is 17.4 Å². The zero-order valence-electron chi connectivity index (χ0n) is 10.1. The minimum absolute atomic E-state index is 0.382. The van der Waals surface area contributed by atoms with Crippen molar-refractivity contribution in [1.29, 1.82) is 0 Å². The first-order valence-electron chi connectivity index (χ1n) is 6.30. The molecular formula is C15H17NO. The van der Waals surface area contributed by atoms with Crippen LogP contribution in [0.1, 0.15) is 36.6 Å². The Morgan fingerprint density at radius 1 is 1.29 bits per heavy atom. The molecule has 0 aliphatic heterocycles. The topological polar surface area (TPSA) is 33.1 Å². The molecule has 17 heavy (non-hydrogen) atoms. The van der Waals surface area contributed by atoms with Crippen LogP contribution in [0.25, 0.3) is 10.9 Å². The average Bonchev–Trinajstić information content (AvgIpc) is 2.26. The summed E-state index contributed by atoms with van der Waals surface area (Å²) < 4.78 is 0. The van der Waals surface area contributed by atoms with Gasteiger partial charge in [0.15, 0.2) is 0 Å². The van der Waals surface area contributed by atoms with Crippen molar-refractivity contribution in [3.8, 4) is 0 Å². The predicted octanol–water partition coefficient (Wildman–Crippen LogP) is 3.38. The second-order valence-electron chi connectivity index (χ2n) is 5.02. The summed E-state index contributed by atoms with van der Waals surface area (Å²) in [5.41, 5.74) is 3.02. The number of aryl methyl sites for hydroxylation is 1. The third-order valence-corrected chi connectivity index (χ3v) is 3.84. The molecule has 1 unspecified atom stereocenters. The average molecular weight is 227 g/mol. The molecule has 1 saturated carbocycles. The van der Waals surface area contributed by atoms with Crippen molar-refractivity contribution in [1.82, 2.24) is 4.98 Å². The van der Waals surface area contributed by atoms with Gasteiger partial charge in [-0.1, -0.05) is 24.6 Å². The lowest BCUT2D eigenvalue weighted by Crippen LogP contribution is -2.20. The Morgan fingerprint density at radius 2 is 2.06 bits per heavy atom. The van der Waals surface area contributed by atoms with Crippen molar-refractivity contribution in [2.24, 2.45) is 5.92 Å². The van der Waals surface area contributed by atoms with Crippen LogP contribution in [0.3, 0.4) is 0 Å². The first kappa shape index (κ1) is 10.7. The van der Waals surface area contributed by atoms with Crippen molar-refractivity contribution >= 4 is 10.9 Å². The van der Waals surface area contributed by atoms with Gasteiger partial charge in [0.2, 0.25) is 0 Å². The largest absolute Gasteiger partial charge is 0.387 e. The molecule has 1 atom stereocenters. The number of fused-ring (bicyclic) bond motifs is 1. The second-order valence-corrected chi connectivity index (χ2v) is 5.02. The Hall–Kier alpha value is -1.41. The van der Waals surface area contributed by atoms with Gasteiger partial charge in [-0.2, -0.15) is 0 Å². The molecule has 0 bridgehead atoms. The molecule has 0 amide bonds. The molecule has 3 rings (SSSR count). The Morgan fingerprint density at radius 3 is 2.76 bits per heavy atom. The molecule has 1 aromatic heterocycles. The van der Waals surface area contributed by atoms with Crippen molar-refractivity contribution in [2.75, 3.05) is 0 Å². The molecule has 2 nitrogen and oxygen atoms in total. The van der Waals surface area contributed by atoms with Crippen molar-refractivity contribution in [3.05, 3.63) is 41.6 Å². The minimum Gasteiger partial charge on any atom is -0.387 e. The van der Waals surface area contributed by atoms with E-state index >= 15 is 0 Å². The molecule has 0 saturated heterocycles. The number of aliphatic hydroxyl groups excluding tert-OH is 1. The fourth-order valence-corrected chi connectivity index (χ4v) is 2.52. The Labute approximate surface area is 101 Å². The van der Waals surface area contributed by atoms with Gasteiger partial charge in [0.25, 0.3) is 0 Å². The molecule has 1 fully saturated rings. The van der Waals surface area contributed by atoms with Crippen LogP contribution in [-0.4, -0.2) is 10.1 Å². The number of rotatable bonds is 2. The number of hydrogen-bond acceptors (Lipinski definition) is 2. The molecule has 2 heteroatoms. The van der Waals surface area contributed by atoms with E-state index in [0.29, 0.717) is 5.92 Å². The van der Waals surface area contributed by atoms with E-state index in [4.69, 9.17) is 0 Å². The van der Waals surface area contributed by atoms with E-state index in [1.807, 2.05) is 24.3 Å². The van der Waals surface area contributed by atoms with E-state index in [0.717, 1.165) is 24.1 Å². The SMILES string of the molecule is Cc1cc(C(O)C2CCC2)nc2ccccc12. The summed E-state index contributed by atoms with van der Waals surface area (Å²) in [7, 11) is 0. The smallest absolute Gasteiger partial charge is 0.0988 e. The van der Waals surface area contributed by atoms with Gasteiger partial charge in [-0.15, -0.1) is 0 Å². The van der Waals surface area contributed by atoms with E-state index in [2.05, 4.69) is 18.0 Å². The lowest BCUT2D eigenvalue weighted by atomic mass is 9.80. The number of hydrogen-bond donors (Lipinski definition) is 1. The third-order valence-electron chi connectivity index (χ3n) is 3.84. The quantitative estimate of drug-likeness (QED) is 0.853. The van der Waals surface area contributed by atoms with Gasteiger partial charge >= 0.3 is 0 Å². The number of aromatic nitrogens is 1. The van der Waals surface area contributed by atoms with Gasteiger partial charge in [0.05, 0.1) is 17.3 Å². The van der Waals surface area contributed by atoms with Crippen LogP contribution < -0.4 is 0 Å². The molecule has 1 aliphatic rings. The third kappa shape index (κ3) is 1.83. The van der Waals surface area contributed by atoms with Gasteiger partial charge < -0.3 is 5.11 Å². The molecule has 1 aliphatic carbocycles. The maximum absolute atomic E-state index is 10.3. The van der Waals surface area contributed by atoms with Crippen molar-refractivity contribution in [3.63, 3.8) is 0 Å². The van der Waals surface area contributed by atoms with Gasteiger partial charge in [-0.25, -0.2) is 0 Å². The highest BCUT2D eigenvalue weighted by Crippen LogP contribution is 2.37. The minimum atomic E-state index is -0.382. The predicted molar refractivity (Wildman–Crippen MR) is 68.8 cm³/mol. The summed E-state index contributed by atoms with van der Waals surface area (Å²) in [6.07, 6.45) is 3.13. The highest BCUT2D eigenvalue weighted by molar-refractivity contribution is 5.82. The zero-order chi connectivity index (χ0) is 11.8. The molecular weight excluding hydrogens is 210 g/mol. The van der Waals surface area contributed by atoms with Gasteiger partial charge in [-0.05, 0) is 43.4 Å². The van der Waals surface area contributed by atoms with Crippen LogP contribution in [0.2, 0.25) is 0 Å². The standard InChI is InChI=1S/C15H17NO/c1-10-9-14(15(17)11-5-4-6-11)16-13-8-3-2-7-12(10)13/h2-3,7-9,11,15,17H,4-6H2,1H3. The molecule has 1 aromatic carbocycles. The van der Waals surface area contributed by atoms with Gasteiger partial charge in [0.1, 0.15) is 0 Å². The fraction of sp³-hybridized carbons (Fsp3) is 0.400. The summed E-state index contributed by atoms with van der Waals surface area (Å²) in [5, 5.41) is 11.4. The molecule has 1 N–H and O–H groups in total. The second kappa shape index (κ2) is 4.11. The number of benzene rings is 1. The van der Waals surface area contributed by atoms with Gasteiger partial charge in [0, 0.05) is 5.39 Å². The first-order chi connectivity index (χ1) is 8.25. The number of pyridine rings is 1. The van der Waals surface area contributed by atoms with Crippen LogP contribution in [0.5, 0.6) is 0 Å². The summed E-state index contributed by atoms with van der Waals surface area (Å²) in [6, 6.07) is 10.1. The van der Waals surface area contributed by atoms with Crippen LogP contribution in [0.15, 0.2) is 30.3 Å². The lowest BCUT2D eigenvalue weighted by Gasteiger charge is -2.30. The fourth-order valence-electron chi connectivity index (χ4n) is 2.52.